The molecule has 2 aromatic carbocycles. The molecule has 6 nitrogen and oxygen atoms in total. The van der Waals surface area contributed by atoms with Crippen LogP contribution >= 0.6 is 31.4 Å². The van der Waals surface area contributed by atoms with E-state index in [2.05, 4.69) is 26.7 Å². The Morgan fingerprint density at radius 2 is 1.35 bits per heavy atom. The lowest BCUT2D eigenvalue weighted by Gasteiger charge is -2.03. The Hall–Kier alpha value is -2.80. The number of thioether (sulfide) groups is 2. The van der Waals surface area contributed by atoms with E-state index in [1.807, 2.05) is 24.5 Å². The van der Waals surface area contributed by atoms with Gasteiger partial charge in [0.25, 0.3) is 11.0 Å². The van der Waals surface area contributed by atoms with E-state index in [1.54, 1.807) is 47.8 Å². The van der Waals surface area contributed by atoms with Crippen LogP contribution in [-0.2, 0) is 5.49 Å². The molecule has 0 bridgehead atoms. The van der Waals surface area contributed by atoms with Gasteiger partial charge in [-0.15, -0.1) is 23.5 Å². The second-order valence-electron chi connectivity index (χ2n) is 6.91. The minimum absolute atomic E-state index is 0.220. The van der Waals surface area contributed by atoms with Crippen molar-refractivity contribution in [3.8, 4) is 0 Å². The average molecular weight is 468 g/mol. The van der Waals surface area contributed by atoms with Gasteiger partial charge in [0.2, 0.25) is 0 Å². The molecule has 9 heteroatoms. The Balaban J connectivity index is 1.78. The second-order valence-corrected chi connectivity index (χ2v) is 11.1. The van der Waals surface area contributed by atoms with Gasteiger partial charge in [-0.05, 0) is 30.5 Å². The molecule has 5 rings (SSSR count). The molecule has 0 unspecified atom stereocenters. The van der Waals surface area contributed by atoms with E-state index in [-0.39, 0.29) is 11.1 Å². The Morgan fingerprint density at radius 3 is 1.84 bits per heavy atom. The van der Waals surface area contributed by atoms with Gasteiger partial charge in [-0.3, -0.25) is 0 Å². The molecule has 3 aromatic heterocycles. The fraction of sp³-hybridized carbons (Fsp3) is 0.0909. The fourth-order valence-corrected chi connectivity index (χ4v) is 8.77. The fourth-order valence-electron chi connectivity index (χ4n) is 3.95. The van der Waals surface area contributed by atoms with Crippen LogP contribution in [0.2, 0.25) is 0 Å². The molecule has 0 aliphatic heterocycles. The van der Waals surface area contributed by atoms with Crippen molar-refractivity contribution in [3.63, 3.8) is 0 Å². The minimum atomic E-state index is -0.994. The molecule has 2 N–H and O–H groups in total. The summed E-state index contributed by atoms with van der Waals surface area (Å²) >= 11 is 3.47. The number of carboxylic acid groups (broad SMARTS) is 2. The summed E-state index contributed by atoms with van der Waals surface area (Å²) in [5.41, 5.74) is 2.78. The van der Waals surface area contributed by atoms with Crippen molar-refractivity contribution in [2.24, 2.45) is 0 Å². The third kappa shape index (κ3) is 3.14. The quantitative estimate of drug-likeness (QED) is 0.280. The highest BCUT2D eigenvalue weighted by Crippen LogP contribution is 2.38. The summed E-state index contributed by atoms with van der Waals surface area (Å²) in [6.45, 7) is 0. The molecule has 0 atom stereocenters. The van der Waals surface area contributed by atoms with Crippen LogP contribution in [0.3, 0.4) is 0 Å². The number of carboxylic acids is 2. The maximum absolute atomic E-state index is 11.8. The zero-order valence-corrected chi connectivity index (χ0v) is 18.9. The maximum Gasteiger partial charge on any atom is 0.422 e. The smallest absolute Gasteiger partial charge is 0.422 e. The van der Waals surface area contributed by atoms with Crippen LogP contribution < -0.4 is 8.33 Å². The molecular weight excluding hydrogens is 451 g/mol. The van der Waals surface area contributed by atoms with Crippen molar-refractivity contribution in [2.75, 3.05) is 6.26 Å². The summed E-state index contributed by atoms with van der Waals surface area (Å²) < 4.78 is 4.25. The normalized spacial score (nSPS) is 11.6. The number of hydrogen-bond donors (Lipinski definition) is 2. The number of hydrogen-bond acceptors (Lipinski definition) is 4. The van der Waals surface area contributed by atoms with E-state index in [0.717, 1.165) is 16.5 Å². The van der Waals surface area contributed by atoms with Crippen LogP contribution in [0.25, 0.3) is 21.8 Å². The Morgan fingerprint density at radius 1 is 0.839 bits per heavy atom. The third-order valence-electron chi connectivity index (χ3n) is 5.32. The van der Waals surface area contributed by atoms with Gasteiger partial charge in [-0.1, -0.05) is 20.5 Å². The maximum atomic E-state index is 11.8. The highest BCUT2D eigenvalue weighted by molar-refractivity contribution is 8.03. The summed E-state index contributed by atoms with van der Waals surface area (Å²) in [5.74, 6) is -1.99. The van der Waals surface area contributed by atoms with E-state index in [4.69, 9.17) is 0 Å². The van der Waals surface area contributed by atoms with Gasteiger partial charge in [0.05, 0.1) is 21.9 Å². The second kappa shape index (κ2) is 7.71. The molecule has 3 heterocycles. The van der Waals surface area contributed by atoms with Crippen molar-refractivity contribution >= 4 is 65.1 Å². The summed E-state index contributed by atoms with van der Waals surface area (Å²) in [6, 6.07) is 15.0. The number of carbonyl (C=O) groups is 2. The average Bonchev–Trinajstić information content (AvgIpc) is 3.10. The minimum Gasteiger partial charge on any atom is -0.478 e. The molecule has 0 spiro atoms. The van der Waals surface area contributed by atoms with E-state index < -0.39 is 19.8 Å². The largest absolute Gasteiger partial charge is 0.478 e. The molecule has 0 radical (unpaired) electrons. The topological polar surface area (TPSA) is 82.8 Å². The standard InChI is InChI=1S/C22H15N2O4PS2/c1-30-17-4-2-3-5-18(17)31-12-29-23-10-8-15(21(25)26)13-6-7-14-16(22(27)28)9-11-24(29)20(14)19(13)23/h2-11H,12H2,1H3/p+2. The van der Waals surface area contributed by atoms with Gasteiger partial charge >= 0.3 is 19.8 Å². The molecule has 154 valence electrons. The van der Waals surface area contributed by atoms with Crippen LogP contribution in [0, 0.1) is 0 Å². The zero-order chi connectivity index (χ0) is 21.7. The molecular formula is C22H17N2O4PS2+2. The molecule has 0 amide bonds. The molecule has 0 saturated heterocycles. The van der Waals surface area contributed by atoms with Crippen LogP contribution in [0.1, 0.15) is 20.7 Å². The van der Waals surface area contributed by atoms with E-state index in [0.29, 0.717) is 10.8 Å². The summed E-state index contributed by atoms with van der Waals surface area (Å²) in [5, 5.41) is 20.6. The molecule has 31 heavy (non-hydrogen) atoms. The van der Waals surface area contributed by atoms with Crippen molar-refractivity contribution < 1.29 is 28.1 Å². The number of rotatable bonds is 6. The first-order chi connectivity index (χ1) is 15.0. The van der Waals surface area contributed by atoms with Gasteiger partial charge < -0.3 is 10.2 Å². The van der Waals surface area contributed by atoms with Crippen molar-refractivity contribution in [1.29, 1.82) is 0 Å². The number of aromatic nitrogens is 2. The van der Waals surface area contributed by atoms with Crippen LogP contribution in [0.15, 0.2) is 70.7 Å². The first-order valence-electron chi connectivity index (χ1n) is 9.37. The highest BCUT2D eigenvalue weighted by Gasteiger charge is 2.36. The molecule has 0 aliphatic carbocycles. The van der Waals surface area contributed by atoms with Gasteiger partial charge in [-0.25, -0.2) is 9.59 Å². The molecule has 5 aromatic rings. The lowest BCUT2D eigenvalue weighted by Crippen LogP contribution is -2.22. The predicted octanol–water partition coefficient (Wildman–Crippen LogP) is 4.61. The van der Waals surface area contributed by atoms with E-state index >= 15 is 0 Å². The molecule has 0 aliphatic rings. The zero-order valence-electron chi connectivity index (χ0n) is 16.3. The van der Waals surface area contributed by atoms with Crippen molar-refractivity contribution in [2.45, 2.75) is 15.3 Å². The highest BCUT2D eigenvalue weighted by atomic mass is 32.2. The molecule has 0 saturated carbocycles. The summed E-state index contributed by atoms with van der Waals surface area (Å²) in [4.78, 5) is 26.0. The Bertz CT molecular complexity index is 1410. The lowest BCUT2D eigenvalue weighted by atomic mass is 10.0. The van der Waals surface area contributed by atoms with Gasteiger partial charge in [0.15, 0.2) is 17.9 Å². The predicted molar refractivity (Wildman–Crippen MR) is 122 cm³/mol. The van der Waals surface area contributed by atoms with Crippen LogP contribution in [0.4, 0.5) is 0 Å². The Labute approximate surface area is 186 Å². The van der Waals surface area contributed by atoms with E-state index in [1.165, 1.54) is 9.79 Å². The number of aromatic carboxylic acids is 2. The lowest BCUT2D eigenvalue weighted by molar-refractivity contribution is -0.492. The van der Waals surface area contributed by atoms with Crippen LogP contribution in [-0.4, -0.2) is 28.4 Å². The summed E-state index contributed by atoms with van der Waals surface area (Å²) in [6.07, 6.45) is 5.71. The van der Waals surface area contributed by atoms with Gasteiger partial charge in [0.1, 0.15) is 0 Å². The number of pyridine rings is 2. The monoisotopic (exact) mass is 468 g/mol. The first kappa shape index (κ1) is 20.1. The number of benzene rings is 2. The van der Waals surface area contributed by atoms with Crippen LogP contribution in [0.5, 0.6) is 0 Å². The molecule has 0 fully saturated rings. The van der Waals surface area contributed by atoms with Gasteiger partial charge in [-0.2, -0.15) is 0 Å². The first-order valence-corrected chi connectivity index (χ1v) is 13.0. The Kier molecular flexibility index (Phi) is 5.01. The summed E-state index contributed by atoms with van der Waals surface area (Å²) in [7, 11) is -0.912. The van der Waals surface area contributed by atoms with Crippen molar-refractivity contribution in [3.05, 3.63) is 72.1 Å². The number of nitrogens with zero attached hydrogens (tertiary/aromatic N) is 2. The van der Waals surface area contributed by atoms with E-state index in [9.17, 15) is 19.8 Å². The third-order valence-corrected chi connectivity index (χ3v) is 10.0. The SMILES string of the molecule is CSc1ccccc1SCp1[n+]2ccc(C(=O)O)c3ccc4c(C(=O)O)cc[n+]1c4c32. The van der Waals surface area contributed by atoms with Gasteiger partial charge in [0, 0.05) is 21.9 Å². The van der Waals surface area contributed by atoms with Crippen molar-refractivity contribution in [1.82, 2.24) is 0 Å².